The molecule has 0 aliphatic carbocycles. The first-order valence-electron chi connectivity index (χ1n) is 6.05. The summed E-state index contributed by atoms with van der Waals surface area (Å²) in [5, 5.41) is 0.531. The zero-order valence-electron chi connectivity index (χ0n) is 10.3. The van der Waals surface area contributed by atoms with Crippen LogP contribution in [0.15, 0.2) is 24.3 Å². The summed E-state index contributed by atoms with van der Waals surface area (Å²) >= 11 is 10.1. The average molecular weight is 285 g/mol. The van der Waals surface area contributed by atoms with Crippen LogP contribution in [0.5, 0.6) is 0 Å². The van der Waals surface area contributed by atoms with Crippen molar-refractivity contribution in [2.45, 2.75) is 12.2 Å². The van der Waals surface area contributed by atoms with Crippen molar-refractivity contribution in [1.82, 2.24) is 4.90 Å². The van der Waals surface area contributed by atoms with Crippen molar-refractivity contribution in [3.63, 3.8) is 0 Å². The lowest BCUT2D eigenvalue weighted by atomic mass is 10.2. The van der Waals surface area contributed by atoms with Crippen molar-refractivity contribution in [3.05, 3.63) is 29.3 Å². The number of carbonyl (C=O) groups excluding carboxylic acids is 1. The Morgan fingerprint density at radius 2 is 1.78 bits per heavy atom. The van der Waals surface area contributed by atoms with Gasteiger partial charge >= 0.3 is 0 Å². The van der Waals surface area contributed by atoms with Gasteiger partial charge in [-0.1, -0.05) is 11.6 Å². The van der Waals surface area contributed by atoms with Crippen LogP contribution in [0.1, 0.15) is 6.92 Å². The first-order valence-corrected chi connectivity index (χ1v) is 6.95. The summed E-state index contributed by atoms with van der Waals surface area (Å²) < 4.78 is 0. The van der Waals surface area contributed by atoms with Gasteiger partial charge in [-0.15, -0.1) is 0 Å². The molecule has 1 heterocycles. The monoisotopic (exact) mass is 284 g/mol. The summed E-state index contributed by atoms with van der Waals surface area (Å²) in [6.45, 7) is 5.04. The molecule has 0 bridgehead atoms. The third-order valence-electron chi connectivity index (χ3n) is 3.14. The lowest BCUT2D eigenvalue weighted by Crippen LogP contribution is -2.50. The molecule has 1 saturated heterocycles. The standard InChI is InChI=1S/C13H17ClN2OS/c1-10(18)13(17)16-8-6-15(7-9-16)12-4-2-11(14)3-5-12/h2-5,10,18H,6-9H2,1H3. The fourth-order valence-corrected chi connectivity index (χ4v) is 2.39. The van der Waals surface area contributed by atoms with Crippen LogP contribution in [0.3, 0.4) is 0 Å². The van der Waals surface area contributed by atoms with E-state index in [4.69, 9.17) is 11.6 Å². The van der Waals surface area contributed by atoms with Gasteiger partial charge in [-0.3, -0.25) is 4.79 Å². The molecule has 98 valence electrons. The molecule has 1 aliphatic heterocycles. The summed E-state index contributed by atoms with van der Waals surface area (Å²) in [7, 11) is 0. The Balaban J connectivity index is 1.94. The number of anilines is 1. The Bertz CT molecular complexity index is 414. The van der Waals surface area contributed by atoms with Crippen LogP contribution in [0.25, 0.3) is 0 Å². The molecule has 0 spiro atoms. The van der Waals surface area contributed by atoms with Gasteiger partial charge < -0.3 is 9.80 Å². The topological polar surface area (TPSA) is 23.6 Å². The van der Waals surface area contributed by atoms with E-state index in [9.17, 15) is 4.79 Å². The second-order valence-corrected chi connectivity index (χ2v) is 5.68. The second-order valence-electron chi connectivity index (χ2n) is 4.46. The number of carbonyl (C=O) groups is 1. The number of thiol groups is 1. The number of piperazine rings is 1. The third-order valence-corrected chi connectivity index (χ3v) is 3.61. The van der Waals surface area contributed by atoms with E-state index in [1.165, 1.54) is 0 Å². The minimum Gasteiger partial charge on any atom is -0.368 e. The lowest BCUT2D eigenvalue weighted by Gasteiger charge is -2.36. The first kappa shape index (κ1) is 13.6. The van der Waals surface area contributed by atoms with Gasteiger partial charge in [0.15, 0.2) is 0 Å². The van der Waals surface area contributed by atoms with E-state index in [1.807, 2.05) is 36.1 Å². The molecule has 1 unspecified atom stereocenters. The van der Waals surface area contributed by atoms with Gasteiger partial charge in [0.05, 0.1) is 5.25 Å². The largest absolute Gasteiger partial charge is 0.368 e. The molecule has 0 radical (unpaired) electrons. The van der Waals surface area contributed by atoms with Crippen molar-refractivity contribution < 1.29 is 4.79 Å². The molecule has 5 heteroatoms. The zero-order valence-corrected chi connectivity index (χ0v) is 12.0. The minimum atomic E-state index is -0.216. The number of halogens is 1. The highest BCUT2D eigenvalue weighted by Gasteiger charge is 2.23. The SMILES string of the molecule is CC(S)C(=O)N1CCN(c2ccc(Cl)cc2)CC1. The van der Waals surface area contributed by atoms with Crippen molar-refractivity contribution >= 4 is 35.8 Å². The third kappa shape index (κ3) is 3.12. The summed E-state index contributed by atoms with van der Waals surface area (Å²) in [6.07, 6.45) is 0. The summed E-state index contributed by atoms with van der Waals surface area (Å²) in [6, 6.07) is 7.82. The Morgan fingerprint density at radius 1 is 1.22 bits per heavy atom. The van der Waals surface area contributed by atoms with Crippen LogP contribution in [0.4, 0.5) is 5.69 Å². The van der Waals surface area contributed by atoms with Crippen molar-refractivity contribution in [1.29, 1.82) is 0 Å². The maximum Gasteiger partial charge on any atom is 0.235 e. The molecule has 18 heavy (non-hydrogen) atoms. The molecule has 0 N–H and O–H groups in total. The Kier molecular flexibility index (Phi) is 4.40. The molecule has 0 saturated carbocycles. The van der Waals surface area contributed by atoms with Crippen molar-refractivity contribution in [2.75, 3.05) is 31.1 Å². The Hall–Kier alpha value is -0.870. The van der Waals surface area contributed by atoms with Crippen LogP contribution in [-0.4, -0.2) is 42.2 Å². The first-order chi connectivity index (χ1) is 8.58. The molecule has 1 aromatic rings. The van der Waals surface area contributed by atoms with Crippen LogP contribution in [-0.2, 0) is 4.79 Å². The molecule has 0 aromatic heterocycles. The molecule has 1 aliphatic rings. The van der Waals surface area contributed by atoms with Gasteiger partial charge in [0.1, 0.15) is 0 Å². The lowest BCUT2D eigenvalue weighted by molar-refractivity contribution is -0.130. The van der Waals surface area contributed by atoms with Crippen LogP contribution in [0.2, 0.25) is 5.02 Å². The summed E-state index contributed by atoms with van der Waals surface area (Å²) in [5.74, 6) is 0.120. The van der Waals surface area contributed by atoms with Gasteiger partial charge in [0.25, 0.3) is 0 Å². The van der Waals surface area contributed by atoms with E-state index in [2.05, 4.69) is 17.5 Å². The Labute approximate surface area is 118 Å². The molecular weight excluding hydrogens is 268 g/mol. The average Bonchev–Trinajstić information content (AvgIpc) is 2.39. The highest BCUT2D eigenvalue weighted by atomic mass is 35.5. The maximum absolute atomic E-state index is 11.8. The minimum absolute atomic E-state index is 0.120. The second kappa shape index (κ2) is 5.85. The fourth-order valence-electron chi connectivity index (χ4n) is 2.10. The predicted octanol–water partition coefficient (Wildman–Crippen LogP) is 2.31. The van der Waals surface area contributed by atoms with Gasteiger partial charge in [-0.25, -0.2) is 0 Å². The van der Waals surface area contributed by atoms with E-state index >= 15 is 0 Å². The summed E-state index contributed by atoms with van der Waals surface area (Å²) in [5.41, 5.74) is 1.16. The van der Waals surface area contributed by atoms with E-state index in [0.29, 0.717) is 0 Å². The van der Waals surface area contributed by atoms with E-state index in [0.717, 1.165) is 36.9 Å². The van der Waals surface area contributed by atoms with Crippen molar-refractivity contribution in [2.24, 2.45) is 0 Å². The van der Waals surface area contributed by atoms with E-state index < -0.39 is 0 Å². The molecule has 1 fully saturated rings. The number of nitrogens with zero attached hydrogens (tertiary/aromatic N) is 2. The highest BCUT2D eigenvalue weighted by molar-refractivity contribution is 7.81. The fraction of sp³-hybridized carbons (Fsp3) is 0.462. The number of hydrogen-bond acceptors (Lipinski definition) is 3. The van der Waals surface area contributed by atoms with Gasteiger partial charge in [0, 0.05) is 36.9 Å². The quantitative estimate of drug-likeness (QED) is 0.843. The number of benzene rings is 1. The van der Waals surface area contributed by atoms with Crippen LogP contribution >= 0.6 is 24.2 Å². The van der Waals surface area contributed by atoms with Crippen molar-refractivity contribution in [3.8, 4) is 0 Å². The molecule has 1 atom stereocenters. The number of hydrogen-bond donors (Lipinski definition) is 1. The normalized spacial score (nSPS) is 17.7. The predicted molar refractivity (Wildman–Crippen MR) is 78.7 cm³/mol. The van der Waals surface area contributed by atoms with E-state index in [-0.39, 0.29) is 11.2 Å². The zero-order chi connectivity index (χ0) is 13.1. The smallest absolute Gasteiger partial charge is 0.235 e. The number of amides is 1. The maximum atomic E-state index is 11.8. The Morgan fingerprint density at radius 3 is 2.28 bits per heavy atom. The molecular formula is C13H17ClN2OS. The molecule has 3 nitrogen and oxygen atoms in total. The van der Waals surface area contributed by atoms with Gasteiger partial charge in [-0.2, -0.15) is 12.6 Å². The molecule has 2 rings (SSSR count). The molecule has 1 aromatic carbocycles. The van der Waals surface area contributed by atoms with Crippen LogP contribution < -0.4 is 4.90 Å². The highest BCUT2D eigenvalue weighted by Crippen LogP contribution is 2.19. The van der Waals surface area contributed by atoms with Gasteiger partial charge in [0.2, 0.25) is 5.91 Å². The molecule has 1 amide bonds. The number of rotatable bonds is 2. The van der Waals surface area contributed by atoms with Gasteiger partial charge in [-0.05, 0) is 31.2 Å². The summed E-state index contributed by atoms with van der Waals surface area (Å²) in [4.78, 5) is 15.9. The van der Waals surface area contributed by atoms with Crippen LogP contribution in [0, 0.1) is 0 Å². The van der Waals surface area contributed by atoms with E-state index in [1.54, 1.807) is 0 Å².